The molecule has 172 valence electrons. The number of anilines is 1. The first kappa shape index (κ1) is 21.5. The number of aromatic nitrogens is 3. The predicted molar refractivity (Wildman–Crippen MR) is 122 cm³/mol. The average Bonchev–Trinajstić information content (AvgIpc) is 2.84. The zero-order valence-corrected chi connectivity index (χ0v) is 18.5. The molecule has 1 aromatic carbocycles. The van der Waals surface area contributed by atoms with Gasteiger partial charge in [0.25, 0.3) is 5.91 Å². The SMILES string of the molecule is Cc1cnc2cccc(NC(=O)[C@]3(O)CC[C@@H](NCc4cc5c(cn4)OCCO5)CC3)c2n1. The number of hydrogen-bond donors (Lipinski definition) is 3. The number of rotatable bonds is 5. The maximum Gasteiger partial charge on any atom is 0.256 e. The summed E-state index contributed by atoms with van der Waals surface area (Å²) in [6, 6.07) is 7.53. The van der Waals surface area contributed by atoms with Crippen LogP contribution < -0.4 is 20.1 Å². The lowest BCUT2D eigenvalue weighted by molar-refractivity contribution is -0.137. The van der Waals surface area contributed by atoms with Crippen molar-refractivity contribution in [2.45, 2.75) is 50.8 Å². The van der Waals surface area contributed by atoms with Crippen molar-refractivity contribution in [3.8, 4) is 11.5 Å². The van der Waals surface area contributed by atoms with Crippen molar-refractivity contribution < 1.29 is 19.4 Å². The monoisotopic (exact) mass is 449 g/mol. The Hall–Kier alpha value is -3.30. The molecular formula is C24H27N5O4. The first-order valence-corrected chi connectivity index (χ1v) is 11.2. The molecule has 9 heteroatoms. The van der Waals surface area contributed by atoms with Crippen LogP contribution in [0.15, 0.2) is 36.7 Å². The number of hydrogen-bond acceptors (Lipinski definition) is 8. The molecule has 1 aliphatic carbocycles. The fourth-order valence-electron chi connectivity index (χ4n) is 4.32. The van der Waals surface area contributed by atoms with Crippen molar-refractivity contribution in [3.05, 3.63) is 48.0 Å². The lowest BCUT2D eigenvalue weighted by atomic mass is 9.81. The fourth-order valence-corrected chi connectivity index (χ4v) is 4.32. The van der Waals surface area contributed by atoms with Gasteiger partial charge in [0.05, 0.1) is 28.8 Å². The van der Waals surface area contributed by atoms with E-state index in [4.69, 9.17) is 9.47 Å². The van der Waals surface area contributed by atoms with Crippen LogP contribution in [0, 0.1) is 6.92 Å². The summed E-state index contributed by atoms with van der Waals surface area (Å²) >= 11 is 0. The molecule has 0 bridgehead atoms. The minimum absolute atomic E-state index is 0.194. The molecule has 0 atom stereocenters. The first-order valence-electron chi connectivity index (χ1n) is 11.2. The molecule has 1 aliphatic heterocycles. The van der Waals surface area contributed by atoms with E-state index in [-0.39, 0.29) is 6.04 Å². The second kappa shape index (κ2) is 8.92. The predicted octanol–water partition coefficient (Wildman–Crippen LogP) is 2.51. The van der Waals surface area contributed by atoms with E-state index in [1.807, 2.05) is 25.1 Å². The lowest BCUT2D eigenvalue weighted by Crippen LogP contribution is -2.48. The number of carbonyl (C=O) groups is 1. The minimum Gasteiger partial charge on any atom is -0.486 e. The molecule has 0 saturated heterocycles. The Morgan fingerprint density at radius 1 is 1.15 bits per heavy atom. The molecule has 3 aromatic rings. The van der Waals surface area contributed by atoms with Crippen molar-refractivity contribution >= 4 is 22.6 Å². The van der Waals surface area contributed by atoms with Crippen molar-refractivity contribution in [1.29, 1.82) is 0 Å². The summed E-state index contributed by atoms with van der Waals surface area (Å²) in [4.78, 5) is 26.2. The van der Waals surface area contributed by atoms with Crippen LogP contribution in [-0.4, -0.2) is 50.8 Å². The molecular weight excluding hydrogens is 422 g/mol. The first-order chi connectivity index (χ1) is 16.0. The zero-order valence-electron chi connectivity index (χ0n) is 18.5. The maximum atomic E-state index is 13.0. The zero-order chi connectivity index (χ0) is 22.8. The summed E-state index contributed by atoms with van der Waals surface area (Å²) in [6.07, 6.45) is 5.50. The Bertz CT molecular complexity index is 1180. The van der Waals surface area contributed by atoms with Crippen molar-refractivity contribution in [2.24, 2.45) is 0 Å². The maximum absolute atomic E-state index is 13.0. The van der Waals surface area contributed by atoms with E-state index >= 15 is 0 Å². The second-order valence-electron chi connectivity index (χ2n) is 8.64. The number of nitrogens with one attached hydrogen (secondary N) is 2. The van der Waals surface area contributed by atoms with E-state index in [2.05, 4.69) is 25.6 Å². The van der Waals surface area contributed by atoms with Crippen LogP contribution in [0.1, 0.15) is 37.1 Å². The van der Waals surface area contributed by atoms with Gasteiger partial charge in [-0.25, -0.2) is 4.98 Å². The highest BCUT2D eigenvalue weighted by molar-refractivity contribution is 6.02. The summed E-state index contributed by atoms with van der Waals surface area (Å²) in [6.45, 7) is 3.52. The van der Waals surface area contributed by atoms with Crippen LogP contribution in [0.2, 0.25) is 0 Å². The highest BCUT2D eigenvalue weighted by atomic mass is 16.6. The number of ether oxygens (including phenoxy) is 2. The van der Waals surface area contributed by atoms with Crippen molar-refractivity contribution in [1.82, 2.24) is 20.3 Å². The van der Waals surface area contributed by atoms with Gasteiger partial charge in [-0.1, -0.05) is 6.07 Å². The number of para-hydroxylation sites is 1. The minimum atomic E-state index is -1.41. The van der Waals surface area contributed by atoms with Gasteiger partial charge in [0, 0.05) is 24.8 Å². The topological polar surface area (TPSA) is 118 Å². The van der Waals surface area contributed by atoms with E-state index in [1.54, 1.807) is 18.5 Å². The Morgan fingerprint density at radius 2 is 1.94 bits per heavy atom. The molecule has 1 saturated carbocycles. The van der Waals surface area contributed by atoms with Gasteiger partial charge < -0.3 is 25.2 Å². The summed E-state index contributed by atoms with van der Waals surface area (Å²) in [7, 11) is 0. The molecule has 33 heavy (non-hydrogen) atoms. The molecule has 0 unspecified atom stereocenters. The van der Waals surface area contributed by atoms with Crippen LogP contribution in [0.3, 0.4) is 0 Å². The van der Waals surface area contributed by atoms with Gasteiger partial charge in [-0.3, -0.25) is 14.8 Å². The number of carbonyl (C=O) groups excluding carboxylic acids is 1. The van der Waals surface area contributed by atoms with Crippen LogP contribution >= 0.6 is 0 Å². The number of aryl methyl sites for hydroxylation is 1. The van der Waals surface area contributed by atoms with Crippen LogP contribution in [0.5, 0.6) is 11.5 Å². The third kappa shape index (κ3) is 4.60. The van der Waals surface area contributed by atoms with Gasteiger partial charge in [-0.15, -0.1) is 0 Å². The van der Waals surface area contributed by atoms with Crippen LogP contribution in [0.4, 0.5) is 5.69 Å². The smallest absolute Gasteiger partial charge is 0.256 e. The molecule has 0 spiro atoms. The van der Waals surface area contributed by atoms with Crippen molar-refractivity contribution in [2.75, 3.05) is 18.5 Å². The highest BCUT2D eigenvalue weighted by Gasteiger charge is 2.40. The van der Waals surface area contributed by atoms with Crippen molar-refractivity contribution in [3.63, 3.8) is 0 Å². The van der Waals surface area contributed by atoms with Crippen LogP contribution in [0.25, 0.3) is 11.0 Å². The summed E-state index contributed by atoms with van der Waals surface area (Å²) in [5, 5.41) is 17.4. The van der Waals surface area contributed by atoms with E-state index in [1.165, 1.54) is 0 Å². The Morgan fingerprint density at radius 3 is 2.76 bits per heavy atom. The highest BCUT2D eigenvalue weighted by Crippen LogP contribution is 2.32. The Balaban J connectivity index is 1.18. The summed E-state index contributed by atoms with van der Waals surface area (Å²) < 4.78 is 11.1. The van der Waals surface area contributed by atoms with Crippen LogP contribution in [-0.2, 0) is 11.3 Å². The molecule has 2 aliphatic rings. The molecule has 1 fully saturated rings. The van der Waals surface area contributed by atoms with Gasteiger partial charge in [0.15, 0.2) is 11.5 Å². The largest absolute Gasteiger partial charge is 0.486 e. The standard InChI is InChI=1S/C24H27N5O4/c1-15-12-27-18-3-2-4-19(22(18)28-15)29-23(30)24(31)7-5-16(6-8-24)25-13-17-11-20-21(14-26-17)33-10-9-32-20/h2-4,11-12,14,16,25,31H,5-10,13H2,1H3,(H,29,30)/t16-,24+. The number of pyridine rings is 1. The van der Waals surface area contributed by atoms with E-state index in [0.29, 0.717) is 67.9 Å². The average molecular weight is 450 g/mol. The molecule has 1 amide bonds. The summed E-state index contributed by atoms with van der Waals surface area (Å²) in [5.74, 6) is 0.993. The Kier molecular flexibility index (Phi) is 5.82. The number of fused-ring (bicyclic) bond motifs is 2. The molecule has 5 rings (SSSR count). The number of benzene rings is 1. The molecule has 3 heterocycles. The second-order valence-corrected chi connectivity index (χ2v) is 8.64. The molecule has 9 nitrogen and oxygen atoms in total. The summed E-state index contributed by atoms with van der Waals surface area (Å²) in [5.41, 5.74) is 2.11. The van der Waals surface area contributed by atoms with E-state index in [0.717, 1.165) is 17.1 Å². The van der Waals surface area contributed by atoms with Gasteiger partial charge >= 0.3 is 0 Å². The quantitative estimate of drug-likeness (QED) is 0.544. The van der Waals surface area contributed by atoms with Gasteiger partial charge in [-0.2, -0.15) is 0 Å². The van der Waals surface area contributed by atoms with E-state index < -0.39 is 11.5 Å². The lowest BCUT2D eigenvalue weighted by Gasteiger charge is -2.35. The normalized spacial score (nSPS) is 22.2. The third-order valence-corrected chi connectivity index (χ3v) is 6.24. The molecule has 3 N–H and O–H groups in total. The number of nitrogens with zero attached hydrogens (tertiary/aromatic N) is 3. The van der Waals surface area contributed by atoms with Gasteiger partial charge in [0.2, 0.25) is 0 Å². The molecule has 2 aromatic heterocycles. The Labute approximate surface area is 191 Å². The fraction of sp³-hybridized carbons (Fsp3) is 0.417. The number of amides is 1. The van der Waals surface area contributed by atoms with Gasteiger partial charge in [0.1, 0.15) is 24.3 Å². The van der Waals surface area contributed by atoms with E-state index in [9.17, 15) is 9.90 Å². The van der Waals surface area contributed by atoms with Gasteiger partial charge in [-0.05, 0) is 44.7 Å². The molecule has 0 radical (unpaired) electrons. The third-order valence-electron chi connectivity index (χ3n) is 6.24. The number of aliphatic hydroxyl groups is 1.